The third kappa shape index (κ3) is 3.35. The van der Waals surface area contributed by atoms with E-state index in [1.165, 1.54) is 0 Å². The van der Waals surface area contributed by atoms with E-state index in [1.54, 1.807) is 0 Å². The summed E-state index contributed by atoms with van der Waals surface area (Å²) in [6.07, 6.45) is 0.907. The average Bonchev–Trinajstić information content (AvgIpc) is 3.17. The molecule has 5 heteroatoms. The fraction of sp³-hybridized carbons (Fsp3) is 0.333. The SMILES string of the molecule is CCc1ccc(CN[C@H](c2ccccc2)c2nnc(C)n2C)o1. The summed E-state index contributed by atoms with van der Waals surface area (Å²) < 4.78 is 7.80. The van der Waals surface area contributed by atoms with Crippen LogP contribution in [0, 0.1) is 6.92 Å². The Labute approximate surface area is 136 Å². The van der Waals surface area contributed by atoms with Crippen molar-refractivity contribution in [2.24, 2.45) is 7.05 Å². The second-order valence-electron chi connectivity index (χ2n) is 5.61. The Morgan fingerprint density at radius 3 is 2.43 bits per heavy atom. The zero-order valence-corrected chi connectivity index (χ0v) is 13.8. The van der Waals surface area contributed by atoms with E-state index in [0.29, 0.717) is 6.54 Å². The third-order valence-electron chi connectivity index (χ3n) is 4.06. The lowest BCUT2D eigenvalue weighted by atomic mass is 10.1. The maximum atomic E-state index is 5.79. The van der Waals surface area contributed by atoms with Crippen LogP contribution in [0.5, 0.6) is 0 Å². The van der Waals surface area contributed by atoms with Gasteiger partial charge < -0.3 is 8.98 Å². The summed E-state index contributed by atoms with van der Waals surface area (Å²) >= 11 is 0. The quantitative estimate of drug-likeness (QED) is 0.760. The molecule has 2 aromatic heterocycles. The van der Waals surface area contributed by atoms with Crippen molar-refractivity contribution < 1.29 is 4.42 Å². The monoisotopic (exact) mass is 310 g/mol. The molecule has 1 N–H and O–H groups in total. The Morgan fingerprint density at radius 1 is 1.09 bits per heavy atom. The first kappa shape index (κ1) is 15.5. The van der Waals surface area contributed by atoms with Gasteiger partial charge in [-0.1, -0.05) is 37.3 Å². The van der Waals surface area contributed by atoms with Gasteiger partial charge in [-0.3, -0.25) is 5.32 Å². The van der Waals surface area contributed by atoms with Gasteiger partial charge in [0.05, 0.1) is 12.6 Å². The minimum absolute atomic E-state index is 0.0300. The van der Waals surface area contributed by atoms with Crippen LogP contribution in [0.1, 0.15) is 41.7 Å². The van der Waals surface area contributed by atoms with Crippen LogP contribution in [0.3, 0.4) is 0 Å². The molecule has 0 unspecified atom stereocenters. The number of hydrogen-bond acceptors (Lipinski definition) is 4. The molecule has 0 saturated heterocycles. The second kappa shape index (κ2) is 6.79. The second-order valence-corrected chi connectivity index (χ2v) is 5.61. The standard InChI is InChI=1S/C18H22N4O/c1-4-15-10-11-16(23-15)12-19-17(14-8-6-5-7-9-14)18-21-20-13(2)22(18)3/h5-11,17,19H,4,12H2,1-3H3/t17-/m1/s1. The maximum absolute atomic E-state index is 5.79. The van der Waals surface area contributed by atoms with Crippen LogP contribution in [0.25, 0.3) is 0 Å². The first-order valence-electron chi connectivity index (χ1n) is 7.91. The van der Waals surface area contributed by atoms with Gasteiger partial charge in [0.2, 0.25) is 0 Å². The summed E-state index contributed by atoms with van der Waals surface area (Å²) in [6.45, 7) is 4.69. The highest BCUT2D eigenvalue weighted by atomic mass is 16.3. The molecule has 1 aromatic carbocycles. The van der Waals surface area contributed by atoms with Gasteiger partial charge >= 0.3 is 0 Å². The minimum Gasteiger partial charge on any atom is -0.465 e. The molecule has 2 heterocycles. The van der Waals surface area contributed by atoms with Crippen LogP contribution in [-0.2, 0) is 20.0 Å². The molecule has 3 aromatic rings. The summed E-state index contributed by atoms with van der Waals surface area (Å²) in [6, 6.07) is 14.3. The summed E-state index contributed by atoms with van der Waals surface area (Å²) in [5, 5.41) is 12.1. The summed E-state index contributed by atoms with van der Waals surface area (Å²) in [5.74, 6) is 3.74. The number of hydrogen-bond donors (Lipinski definition) is 1. The number of aryl methyl sites for hydroxylation is 2. The predicted octanol–water partition coefficient (Wildman–Crippen LogP) is 3.16. The fourth-order valence-electron chi connectivity index (χ4n) is 2.59. The van der Waals surface area contributed by atoms with Crippen molar-refractivity contribution in [1.82, 2.24) is 20.1 Å². The predicted molar refractivity (Wildman–Crippen MR) is 89.0 cm³/mol. The number of furan rings is 1. The minimum atomic E-state index is -0.0300. The first-order chi connectivity index (χ1) is 11.2. The summed E-state index contributed by atoms with van der Waals surface area (Å²) in [7, 11) is 1.99. The lowest BCUT2D eigenvalue weighted by Gasteiger charge is -2.18. The van der Waals surface area contributed by atoms with Crippen LogP contribution < -0.4 is 5.32 Å². The summed E-state index contributed by atoms with van der Waals surface area (Å²) in [5.41, 5.74) is 1.16. The number of aromatic nitrogens is 3. The molecule has 0 spiro atoms. The zero-order chi connectivity index (χ0) is 16.2. The highest BCUT2D eigenvalue weighted by Gasteiger charge is 2.20. The molecule has 3 rings (SSSR count). The maximum Gasteiger partial charge on any atom is 0.154 e. The summed E-state index contributed by atoms with van der Waals surface area (Å²) in [4.78, 5) is 0. The largest absolute Gasteiger partial charge is 0.465 e. The van der Waals surface area contributed by atoms with Gasteiger partial charge in [-0.2, -0.15) is 0 Å². The molecular formula is C18H22N4O. The van der Waals surface area contributed by atoms with Crippen molar-refractivity contribution in [3.05, 3.63) is 71.2 Å². The molecule has 0 fully saturated rings. The molecule has 0 aliphatic heterocycles. The van der Waals surface area contributed by atoms with E-state index >= 15 is 0 Å². The molecule has 0 saturated carbocycles. The Bertz CT molecular complexity index is 760. The molecule has 1 atom stereocenters. The van der Waals surface area contributed by atoms with Crippen LogP contribution in [0.4, 0.5) is 0 Å². The van der Waals surface area contributed by atoms with Crippen LogP contribution >= 0.6 is 0 Å². The Kier molecular flexibility index (Phi) is 4.57. The fourth-order valence-corrected chi connectivity index (χ4v) is 2.59. The van der Waals surface area contributed by atoms with E-state index in [-0.39, 0.29) is 6.04 Å². The van der Waals surface area contributed by atoms with Gasteiger partial charge in [-0.25, -0.2) is 0 Å². The highest BCUT2D eigenvalue weighted by Crippen LogP contribution is 2.21. The lowest BCUT2D eigenvalue weighted by Crippen LogP contribution is -2.24. The van der Waals surface area contributed by atoms with Crippen LogP contribution in [0.2, 0.25) is 0 Å². The van der Waals surface area contributed by atoms with Crippen molar-refractivity contribution >= 4 is 0 Å². The Hall–Kier alpha value is -2.40. The smallest absolute Gasteiger partial charge is 0.154 e. The van der Waals surface area contributed by atoms with Gasteiger partial charge in [0.15, 0.2) is 5.82 Å². The molecule has 0 bridgehead atoms. The van der Waals surface area contributed by atoms with Crippen molar-refractivity contribution in [2.75, 3.05) is 0 Å². The number of rotatable bonds is 6. The number of nitrogens with one attached hydrogen (secondary N) is 1. The lowest BCUT2D eigenvalue weighted by molar-refractivity contribution is 0.434. The van der Waals surface area contributed by atoms with Crippen LogP contribution in [0.15, 0.2) is 46.9 Å². The Balaban J connectivity index is 1.85. The van der Waals surface area contributed by atoms with Gasteiger partial charge in [0.1, 0.15) is 17.3 Å². The number of benzene rings is 1. The molecule has 0 radical (unpaired) electrons. The van der Waals surface area contributed by atoms with Crippen molar-refractivity contribution in [3.8, 4) is 0 Å². The van der Waals surface area contributed by atoms with E-state index in [1.807, 2.05) is 48.9 Å². The highest BCUT2D eigenvalue weighted by molar-refractivity contribution is 5.25. The van der Waals surface area contributed by atoms with Crippen molar-refractivity contribution in [3.63, 3.8) is 0 Å². The van der Waals surface area contributed by atoms with E-state index in [4.69, 9.17) is 4.42 Å². The molecule has 0 amide bonds. The van der Waals surface area contributed by atoms with Gasteiger partial charge in [0.25, 0.3) is 0 Å². The van der Waals surface area contributed by atoms with E-state index in [0.717, 1.165) is 35.2 Å². The topological polar surface area (TPSA) is 55.9 Å². The van der Waals surface area contributed by atoms with Gasteiger partial charge in [-0.05, 0) is 24.6 Å². The Morgan fingerprint density at radius 2 is 1.83 bits per heavy atom. The van der Waals surface area contributed by atoms with Gasteiger partial charge in [-0.15, -0.1) is 10.2 Å². The molecular weight excluding hydrogens is 288 g/mol. The molecule has 23 heavy (non-hydrogen) atoms. The van der Waals surface area contributed by atoms with Crippen molar-refractivity contribution in [2.45, 2.75) is 32.9 Å². The average molecular weight is 310 g/mol. The molecule has 0 aliphatic rings. The normalized spacial score (nSPS) is 12.5. The molecule has 5 nitrogen and oxygen atoms in total. The van der Waals surface area contributed by atoms with E-state index in [9.17, 15) is 0 Å². The third-order valence-corrected chi connectivity index (χ3v) is 4.06. The molecule has 120 valence electrons. The van der Waals surface area contributed by atoms with Crippen molar-refractivity contribution in [1.29, 1.82) is 0 Å². The van der Waals surface area contributed by atoms with Gasteiger partial charge in [0, 0.05) is 13.5 Å². The number of nitrogens with zero attached hydrogens (tertiary/aromatic N) is 3. The van der Waals surface area contributed by atoms with Crippen LogP contribution in [-0.4, -0.2) is 14.8 Å². The van der Waals surface area contributed by atoms with E-state index in [2.05, 4.69) is 34.6 Å². The molecule has 0 aliphatic carbocycles. The van der Waals surface area contributed by atoms with E-state index < -0.39 is 0 Å². The zero-order valence-electron chi connectivity index (χ0n) is 13.8. The first-order valence-corrected chi connectivity index (χ1v) is 7.91.